The molecule has 3 aromatic rings. The van der Waals surface area contributed by atoms with E-state index in [0.29, 0.717) is 46.8 Å². The Labute approximate surface area is 359 Å². The first kappa shape index (κ1) is 51.2. The minimum Gasteiger partial charge on any atom is -1.00 e. The Morgan fingerprint density at radius 3 is 1.65 bits per heavy atom. The normalized spacial score (nSPS) is 14.6. The predicted octanol–water partition coefficient (Wildman–Crippen LogP) is 1.72. The number of pyridine rings is 3. The number of carbonyl (C=O) groups excluding carboxylic acids is 1. The third-order valence-corrected chi connectivity index (χ3v) is 7.40. The van der Waals surface area contributed by atoms with Crippen LogP contribution in [0.1, 0.15) is 43.0 Å². The van der Waals surface area contributed by atoms with Crippen molar-refractivity contribution in [2.24, 2.45) is 0 Å². The molecule has 3 aliphatic heterocycles. The number of hydrogen-bond acceptors (Lipinski definition) is 13. The number of carbonyl (C=O) groups is 1. The fraction of sp³-hybridized carbons (Fsp3) is 0.486. The van der Waals surface area contributed by atoms with Gasteiger partial charge in [0.15, 0.2) is 5.78 Å². The Hall–Kier alpha value is -2.78. The molecule has 0 aromatic carbocycles. The average Bonchev–Trinajstić information content (AvgIpc) is 3.78. The zero-order valence-corrected chi connectivity index (χ0v) is 35.5. The maximum atomic E-state index is 11.2. The summed E-state index contributed by atoms with van der Waals surface area (Å²) in [7, 11) is -1.00. The van der Waals surface area contributed by atoms with E-state index in [1.807, 2.05) is 12.1 Å². The van der Waals surface area contributed by atoms with Gasteiger partial charge in [-0.1, -0.05) is 11.6 Å². The van der Waals surface area contributed by atoms with Crippen molar-refractivity contribution in [1.82, 2.24) is 24.8 Å². The summed E-state index contributed by atoms with van der Waals surface area (Å²) in [6.07, 6.45) is 7.24. The monoisotopic (exact) mass is 894 g/mol. The Kier molecular flexibility index (Phi) is 32.9. The summed E-state index contributed by atoms with van der Waals surface area (Å²) in [5, 5.41) is 17.5. The van der Waals surface area contributed by atoms with Gasteiger partial charge in [-0.05, 0) is 37.1 Å². The van der Waals surface area contributed by atoms with Crippen molar-refractivity contribution in [1.29, 1.82) is 10.5 Å². The number of rotatable bonds is 9. The number of morpholine rings is 2. The third kappa shape index (κ3) is 24.6. The smallest absolute Gasteiger partial charge is 1.00 e. The molecule has 3 aliphatic rings. The van der Waals surface area contributed by atoms with Crippen molar-refractivity contribution < 1.29 is 58.2 Å². The zero-order chi connectivity index (χ0) is 37.7. The van der Waals surface area contributed by atoms with Crippen LogP contribution in [0.2, 0.25) is 5.02 Å². The van der Waals surface area contributed by atoms with Gasteiger partial charge in [-0.15, -0.1) is 0 Å². The number of nitrogens with zero attached hydrogens (tertiary/aromatic N) is 7. The largest absolute Gasteiger partial charge is 2.00 e. The summed E-state index contributed by atoms with van der Waals surface area (Å²) < 4.78 is 42.2. The molecular weight excluding hydrogens is 844 g/mol. The first-order valence-electron chi connectivity index (χ1n) is 17.2. The molecule has 0 unspecified atom stereocenters. The average molecular weight is 896 g/mol. The van der Waals surface area contributed by atoms with Crippen molar-refractivity contribution in [3.8, 4) is 23.6 Å². The second-order valence-corrected chi connectivity index (χ2v) is 11.3. The minimum absolute atomic E-state index is 0. The van der Waals surface area contributed by atoms with Gasteiger partial charge in [0.2, 0.25) is 0 Å². The maximum absolute atomic E-state index is 11.2. The molecule has 6 rings (SSSR count). The van der Waals surface area contributed by atoms with Gasteiger partial charge >= 0.3 is 23.1 Å². The summed E-state index contributed by atoms with van der Waals surface area (Å²) in [5.74, 6) is 1.35. The first-order chi connectivity index (χ1) is 25.4. The van der Waals surface area contributed by atoms with Crippen molar-refractivity contribution in [3.63, 3.8) is 0 Å². The molecule has 0 bridgehead atoms. The van der Waals surface area contributed by atoms with Crippen LogP contribution in [0.5, 0.6) is 11.5 Å². The molecular formula is C37H50ClFIMgN7O6. The fourth-order valence-electron chi connectivity index (χ4n) is 4.47. The molecule has 3 saturated heterocycles. The summed E-state index contributed by atoms with van der Waals surface area (Å²) in [4.78, 5) is 27.4. The molecule has 17 heteroatoms. The van der Waals surface area contributed by atoms with Crippen LogP contribution in [-0.4, -0.2) is 153 Å². The van der Waals surface area contributed by atoms with Crippen LogP contribution in [-0.2, 0) is 14.2 Å². The SMILES string of the molecule is C1CCOC1.CC(=O)c1cc(OCCN2CCOCC2)ccn1.N#Cc1cc(Cl)ccn1.N#Cc1cc(OCCN2CCOCC2)ccn1.[2H]CF.[CH3-].[I-].[Mg+2]. The topological polar surface area (TPSA) is 156 Å². The van der Waals surface area contributed by atoms with E-state index in [1.165, 1.54) is 32.0 Å². The summed E-state index contributed by atoms with van der Waals surface area (Å²) in [6, 6.07) is 13.9. The number of ketones is 1. The molecule has 0 saturated carbocycles. The standard InChI is InChI=1S/C13H18N2O3.C12H15N3O2.C6H3ClN2.C4H8O.CH3F.CH3.HI.Mg/c1-11(16)13-10-12(2-3-14-13)18-9-6-15-4-7-17-8-5-15;13-10-11-9-12(1-2-14-11)17-8-5-15-3-6-16-7-4-15;7-5-1-2-9-6(3-5)4-8;1-2-4-5-3-1;1-2;;;/h2-3,10H,4-9H2,1H3;1-2,9H,3-8H2;1-3H;1-4H2;1H3;1H3;1H;/q;;;;;-1;;+2/p-1/i;;;;1D;;;. The van der Waals surface area contributed by atoms with E-state index in [0.717, 1.165) is 78.9 Å². The van der Waals surface area contributed by atoms with Crippen LogP contribution in [0.15, 0.2) is 55.0 Å². The third-order valence-electron chi connectivity index (χ3n) is 7.16. The molecule has 13 nitrogen and oxygen atoms in total. The van der Waals surface area contributed by atoms with Crippen LogP contribution in [0.25, 0.3) is 0 Å². The number of halogens is 3. The van der Waals surface area contributed by atoms with E-state index in [4.69, 9.17) is 47.2 Å². The molecule has 292 valence electrons. The predicted molar refractivity (Wildman–Crippen MR) is 202 cm³/mol. The Bertz CT molecular complexity index is 1510. The van der Waals surface area contributed by atoms with Crippen LogP contribution >= 0.6 is 11.6 Å². The first-order valence-corrected chi connectivity index (χ1v) is 16.9. The van der Waals surface area contributed by atoms with E-state index in [9.17, 15) is 9.18 Å². The van der Waals surface area contributed by atoms with Crippen molar-refractivity contribution in [2.75, 3.05) is 99.3 Å². The fourth-order valence-corrected chi connectivity index (χ4v) is 4.63. The molecule has 6 heterocycles. The van der Waals surface area contributed by atoms with Crippen LogP contribution in [0, 0.1) is 30.1 Å². The number of nitriles is 2. The number of alkyl halides is 1. The van der Waals surface area contributed by atoms with E-state index in [1.54, 1.807) is 42.7 Å². The Morgan fingerprint density at radius 1 is 0.815 bits per heavy atom. The Morgan fingerprint density at radius 2 is 1.24 bits per heavy atom. The number of ether oxygens (including phenoxy) is 5. The summed E-state index contributed by atoms with van der Waals surface area (Å²) >= 11 is 5.53. The molecule has 0 amide bonds. The van der Waals surface area contributed by atoms with Crippen LogP contribution in [0.4, 0.5) is 4.39 Å². The van der Waals surface area contributed by atoms with E-state index < -0.39 is 7.15 Å². The Balaban J connectivity index is 0. The van der Waals surface area contributed by atoms with Gasteiger partial charge < -0.3 is 55.1 Å². The van der Waals surface area contributed by atoms with Gasteiger partial charge in [0.1, 0.15) is 53.9 Å². The zero-order valence-electron chi connectivity index (χ0n) is 32.1. The number of aromatic nitrogens is 3. The van der Waals surface area contributed by atoms with Crippen molar-refractivity contribution >= 4 is 40.4 Å². The van der Waals surface area contributed by atoms with Crippen molar-refractivity contribution in [2.45, 2.75) is 19.8 Å². The number of hydrogen-bond donors (Lipinski definition) is 0. The summed E-state index contributed by atoms with van der Waals surface area (Å²) in [6.45, 7) is 13.5. The molecule has 54 heavy (non-hydrogen) atoms. The van der Waals surface area contributed by atoms with E-state index in [-0.39, 0.29) is 60.2 Å². The quantitative estimate of drug-likeness (QED) is 0.133. The maximum Gasteiger partial charge on any atom is 2.00 e. The van der Waals surface area contributed by atoms with Gasteiger partial charge in [-0.2, -0.15) is 10.5 Å². The second-order valence-electron chi connectivity index (χ2n) is 10.8. The summed E-state index contributed by atoms with van der Waals surface area (Å²) in [5.41, 5.74) is 1.18. The minimum atomic E-state index is -1.00. The molecule has 0 N–H and O–H groups in total. The molecule has 3 fully saturated rings. The second kappa shape index (κ2) is 34.7. The molecule has 0 atom stereocenters. The van der Waals surface area contributed by atoms with Gasteiger partial charge in [0, 0.05) is 95.2 Å². The van der Waals surface area contributed by atoms with Gasteiger partial charge in [-0.3, -0.25) is 24.0 Å². The molecule has 3 aromatic heterocycles. The van der Waals surface area contributed by atoms with Crippen molar-refractivity contribution in [3.05, 3.63) is 84.5 Å². The van der Waals surface area contributed by atoms with Gasteiger partial charge in [-0.25, -0.2) is 9.97 Å². The van der Waals surface area contributed by atoms with Gasteiger partial charge in [0.05, 0.1) is 35.0 Å². The van der Waals surface area contributed by atoms with E-state index >= 15 is 0 Å². The number of Topliss-reactive ketones (excluding diaryl/α,β-unsaturated/α-hetero) is 1. The molecule has 0 aliphatic carbocycles. The van der Waals surface area contributed by atoms with Crippen LogP contribution < -0.4 is 33.5 Å². The molecule has 0 spiro atoms. The molecule has 0 radical (unpaired) electrons. The van der Waals surface area contributed by atoms with Gasteiger partial charge in [0.25, 0.3) is 0 Å². The van der Waals surface area contributed by atoms with E-state index in [2.05, 4.69) is 24.8 Å². The van der Waals surface area contributed by atoms with Crippen LogP contribution in [0.3, 0.4) is 0 Å².